The standard InChI is InChI=1S/C16H16F2N2O2/c1-10-2-4-11(5-3-10)15(21)9-19-16(22)20-12-6-7-13(17)14(18)8-12/h2-8,15,21H,9H2,1H3,(H2,19,20,22)/t15-/m1/s1. The third-order valence-electron chi connectivity index (χ3n) is 3.10. The number of anilines is 1. The average molecular weight is 306 g/mol. The smallest absolute Gasteiger partial charge is 0.319 e. The topological polar surface area (TPSA) is 61.4 Å². The van der Waals surface area contributed by atoms with E-state index < -0.39 is 23.8 Å². The molecule has 0 aliphatic carbocycles. The molecular weight excluding hydrogens is 290 g/mol. The second kappa shape index (κ2) is 7.00. The molecule has 0 aliphatic heterocycles. The maximum absolute atomic E-state index is 13.0. The highest BCUT2D eigenvalue weighted by molar-refractivity contribution is 5.89. The summed E-state index contributed by atoms with van der Waals surface area (Å²) in [6, 6.07) is 9.70. The van der Waals surface area contributed by atoms with Crippen molar-refractivity contribution in [1.29, 1.82) is 0 Å². The van der Waals surface area contributed by atoms with Gasteiger partial charge in [-0.15, -0.1) is 0 Å². The van der Waals surface area contributed by atoms with Crippen molar-refractivity contribution >= 4 is 11.7 Å². The number of carbonyl (C=O) groups is 1. The summed E-state index contributed by atoms with van der Waals surface area (Å²) < 4.78 is 25.8. The van der Waals surface area contributed by atoms with Gasteiger partial charge in [0.1, 0.15) is 0 Å². The molecule has 0 saturated carbocycles. The molecule has 0 unspecified atom stereocenters. The van der Waals surface area contributed by atoms with Gasteiger partial charge in [-0.1, -0.05) is 29.8 Å². The first kappa shape index (κ1) is 15.9. The second-order valence-electron chi connectivity index (χ2n) is 4.89. The molecule has 6 heteroatoms. The van der Waals surface area contributed by atoms with E-state index in [1.807, 2.05) is 19.1 Å². The minimum Gasteiger partial charge on any atom is -0.387 e. The summed E-state index contributed by atoms with van der Waals surface area (Å²) in [5.74, 6) is -2.03. The summed E-state index contributed by atoms with van der Waals surface area (Å²) in [6.07, 6.45) is -0.851. The molecular formula is C16H16F2N2O2. The fourth-order valence-electron chi connectivity index (χ4n) is 1.84. The summed E-state index contributed by atoms with van der Waals surface area (Å²) in [5.41, 5.74) is 1.87. The summed E-state index contributed by atoms with van der Waals surface area (Å²) >= 11 is 0. The number of hydrogen-bond donors (Lipinski definition) is 3. The Morgan fingerprint density at radius 3 is 2.45 bits per heavy atom. The largest absolute Gasteiger partial charge is 0.387 e. The van der Waals surface area contributed by atoms with Crippen LogP contribution in [0.2, 0.25) is 0 Å². The van der Waals surface area contributed by atoms with Crippen LogP contribution in [0, 0.1) is 18.6 Å². The molecule has 22 heavy (non-hydrogen) atoms. The van der Waals surface area contributed by atoms with Gasteiger partial charge in [0.05, 0.1) is 6.10 Å². The van der Waals surface area contributed by atoms with Gasteiger partial charge in [-0.05, 0) is 24.6 Å². The third-order valence-corrected chi connectivity index (χ3v) is 3.10. The van der Waals surface area contributed by atoms with Crippen molar-refractivity contribution in [3.63, 3.8) is 0 Å². The fraction of sp³-hybridized carbons (Fsp3) is 0.188. The number of urea groups is 1. The lowest BCUT2D eigenvalue weighted by molar-refractivity contribution is 0.175. The van der Waals surface area contributed by atoms with Gasteiger partial charge in [-0.25, -0.2) is 13.6 Å². The van der Waals surface area contributed by atoms with Crippen LogP contribution in [0.1, 0.15) is 17.2 Å². The molecule has 2 aromatic rings. The number of aryl methyl sites for hydroxylation is 1. The predicted molar refractivity (Wildman–Crippen MR) is 79.5 cm³/mol. The van der Waals surface area contributed by atoms with E-state index in [9.17, 15) is 18.7 Å². The van der Waals surface area contributed by atoms with Crippen LogP contribution in [0.15, 0.2) is 42.5 Å². The molecule has 0 fully saturated rings. The van der Waals surface area contributed by atoms with Crippen LogP contribution in [0.5, 0.6) is 0 Å². The lowest BCUT2D eigenvalue weighted by Crippen LogP contribution is -2.32. The van der Waals surface area contributed by atoms with Gasteiger partial charge in [0, 0.05) is 18.3 Å². The van der Waals surface area contributed by atoms with Gasteiger partial charge < -0.3 is 15.7 Å². The van der Waals surface area contributed by atoms with Gasteiger partial charge >= 0.3 is 6.03 Å². The molecule has 0 aromatic heterocycles. The zero-order valence-electron chi connectivity index (χ0n) is 11.9. The van der Waals surface area contributed by atoms with Crippen LogP contribution in [0.25, 0.3) is 0 Å². The molecule has 0 spiro atoms. The van der Waals surface area contributed by atoms with Crippen molar-refractivity contribution in [3.05, 3.63) is 65.2 Å². The number of carbonyl (C=O) groups excluding carboxylic acids is 1. The Bertz CT molecular complexity index is 660. The third kappa shape index (κ3) is 4.26. The Morgan fingerprint density at radius 1 is 1.14 bits per heavy atom. The lowest BCUT2D eigenvalue weighted by atomic mass is 10.1. The zero-order chi connectivity index (χ0) is 16.1. The molecule has 2 amide bonds. The molecule has 3 N–H and O–H groups in total. The maximum Gasteiger partial charge on any atom is 0.319 e. The van der Waals surface area contributed by atoms with E-state index in [2.05, 4.69) is 10.6 Å². The normalized spacial score (nSPS) is 11.8. The quantitative estimate of drug-likeness (QED) is 0.812. The van der Waals surface area contributed by atoms with Crippen molar-refractivity contribution < 1.29 is 18.7 Å². The Hall–Kier alpha value is -2.47. The summed E-state index contributed by atoms with van der Waals surface area (Å²) in [6.45, 7) is 1.93. The molecule has 4 nitrogen and oxygen atoms in total. The molecule has 0 bridgehead atoms. The first-order valence-electron chi connectivity index (χ1n) is 6.70. The van der Waals surface area contributed by atoms with Gasteiger partial charge in [-0.2, -0.15) is 0 Å². The lowest BCUT2D eigenvalue weighted by Gasteiger charge is -2.13. The number of rotatable bonds is 4. The zero-order valence-corrected chi connectivity index (χ0v) is 11.9. The summed E-state index contributed by atoms with van der Waals surface area (Å²) in [7, 11) is 0. The van der Waals surface area contributed by atoms with Crippen LogP contribution < -0.4 is 10.6 Å². The number of aliphatic hydroxyl groups excluding tert-OH is 1. The Morgan fingerprint density at radius 2 is 1.82 bits per heavy atom. The van der Waals surface area contributed by atoms with E-state index in [-0.39, 0.29) is 12.2 Å². The van der Waals surface area contributed by atoms with Gasteiger partial charge in [0.25, 0.3) is 0 Å². The second-order valence-corrected chi connectivity index (χ2v) is 4.89. The molecule has 0 heterocycles. The molecule has 0 aliphatic rings. The molecule has 0 radical (unpaired) electrons. The highest BCUT2D eigenvalue weighted by Gasteiger charge is 2.10. The number of benzene rings is 2. The first-order chi connectivity index (χ1) is 10.5. The monoisotopic (exact) mass is 306 g/mol. The SMILES string of the molecule is Cc1ccc([C@H](O)CNC(=O)Nc2ccc(F)c(F)c2)cc1. The van der Waals surface area contributed by atoms with E-state index in [1.165, 1.54) is 6.07 Å². The van der Waals surface area contributed by atoms with Crippen molar-refractivity contribution in [1.82, 2.24) is 5.32 Å². The van der Waals surface area contributed by atoms with E-state index in [0.717, 1.165) is 17.7 Å². The molecule has 1 atom stereocenters. The molecule has 2 rings (SSSR count). The van der Waals surface area contributed by atoms with Crippen LogP contribution in [-0.2, 0) is 0 Å². The number of nitrogens with one attached hydrogen (secondary N) is 2. The molecule has 116 valence electrons. The van der Waals surface area contributed by atoms with E-state index >= 15 is 0 Å². The van der Waals surface area contributed by atoms with Crippen LogP contribution in [-0.4, -0.2) is 17.7 Å². The predicted octanol–water partition coefficient (Wildman–Crippen LogP) is 3.13. The minimum absolute atomic E-state index is 0.00142. The minimum atomic E-state index is -1.04. The van der Waals surface area contributed by atoms with Crippen molar-refractivity contribution in [2.45, 2.75) is 13.0 Å². The fourth-order valence-corrected chi connectivity index (χ4v) is 1.84. The average Bonchev–Trinajstić information content (AvgIpc) is 2.49. The first-order valence-corrected chi connectivity index (χ1v) is 6.70. The van der Waals surface area contributed by atoms with Gasteiger partial charge in [0.2, 0.25) is 0 Å². The van der Waals surface area contributed by atoms with Gasteiger partial charge in [-0.3, -0.25) is 0 Å². The molecule has 2 aromatic carbocycles. The Kier molecular flexibility index (Phi) is 5.06. The number of aliphatic hydroxyl groups is 1. The van der Waals surface area contributed by atoms with E-state index in [1.54, 1.807) is 12.1 Å². The summed E-state index contributed by atoms with van der Waals surface area (Å²) in [4.78, 5) is 11.6. The highest BCUT2D eigenvalue weighted by Crippen LogP contribution is 2.14. The van der Waals surface area contributed by atoms with Crippen LogP contribution in [0.3, 0.4) is 0 Å². The number of amides is 2. The summed E-state index contributed by atoms with van der Waals surface area (Å²) in [5, 5.41) is 14.8. The molecule has 0 saturated heterocycles. The van der Waals surface area contributed by atoms with Crippen molar-refractivity contribution in [3.8, 4) is 0 Å². The van der Waals surface area contributed by atoms with Crippen LogP contribution in [0.4, 0.5) is 19.3 Å². The maximum atomic E-state index is 13.0. The van der Waals surface area contributed by atoms with E-state index in [4.69, 9.17) is 0 Å². The van der Waals surface area contributed by atoms with E-state index in [0.29, 0.717) is 5.56 Å². The number of hydrogen-bond acceptors (Lipinski definition) is 2. The van der Waals surface area contributed by atoms with Crippen LogP contribution >= 0.6 is 0 Å². The van der Waals surface area contributed by atoms with Gasteiger partial charge in [0.15, 0.2) is 11.6 Å². The highest BCUT2D eigenvalue weighted by atomic mass is 19.2. The Balaban J connectivity index is 1.86. The van der Waals surface area contributed by atoms with Crippen molar-refractivity contribution in [2.24, 2.45) is 0 Å². The van der Waals surface area contributed by atoms with Crippen molar-refractivity contribution in [2.75, 3.05) is 11.9 Å². The number of halogens is 2. The Labute approximate surface area is 126 Å².